The molecule has 0 saturated heterocycles. The minimum atomic E-state index is 0.686. The van der Waals surface area contributed by atoms with Crippen molar-refractivity contribution in [3.8, 4) is 6.07 Å². The first-order valence-electron chi connectivity index (χ1n) is 6.10. The molecule has 3 rings (SSSR count). The molecule has 0 amide bonds. The highest BCUT2D eigenvalue weighted by Gasteiger charge is 2.04. The van der Waals surface area contributed by atoms with E-state index in [9.17, 15) is 0 Å². The molecule has 0 saturated carbocycles. The number of hydrogen-bond acceptors (Lipinski definition) is 2. The molecule has 19 heavy (non-hydrogen) atoms. The molecule has 3 nitrogen and oxygen atoms in total. The quantitative estimate of drug-likeness (QED) is 0.707. The largest absolute Gasteiger partial charge is 0.398 e. The highest BCUT2D eigenvalue weighted by Crippen LogP contribution is 2.22. The molecule has 3 aromatic rings. The first kappa shape index (κ1) is 11.4. The van der Waals surface area contributed by atoms with Crippen LogP contribution in [0.15, 0.2) is 54.7 Å². The molecular formula is C16H13N3. The van der Waals surface area contributed by atoms with Crippen LogP contribution in [0.4, 0.5) is 5.69 Å². The molecule has 3 heteroatoms. The molecule has 0 aliphatic carbocycles. The van der Waals surface area contributed by atoms with Gasteiger partial charge in [-0.3, -0.25) is 0 Å². The predicted molar refractivity (Wildman–Crippen MR) is 76.6 cm³/mol. The topological polar surface area (TPSA) is 54.7 Å². The van der Waals surface area contributed by atoms with Crippen LogP contribution in [0.5, 0.6) is 0 Å². The summed E-state index contributed by atoms with van der Waals surface area (Å²) in [5.74, 6) is 0. The monoisotopic (exact) mass is 247 g/mol. The summed E-state index contributed by atoms with van der Waals surface area (Å²) in [6, 6.07) is 17.8. The zero-order valence-electron chi connectivity index (χ0n) is 10.4. The van der Waals surface area contributed by atoms with E-state index in [2.05, 4.69) is 16.7 Å². The third-order valence-corrected chi connectivity index (χ3v) is 3.28. The fourth-order valence-electron chi connectivity index (χ4n) is 2.27. The van der Waals surface area contributed by atoms with E-state index in [1.54, 1.807) is 0 Å². The van der Waals surface area contributed by atoms with Crippen molar-refractivity contribution >= 4 is 16.6 Å². The zero-order valence-corrected chi connectivity index (χ0v) is 10.4. The van der Waals surface area contributed by atoms with Gasteiger partial charge in [0.1, 0.15) is 0 Å². The molecule has 2 aromatic carbocycles. The van der Waals surface area contributed by atoms with Gasteiger partial charge < -0.3 is 10.3 Å². The van der Waals surface area contributed by atoms with Crippen molar-refractivity contribution in [2.45, 2.75) is 6.54 Å². The first-order chi connectivity index (χ1) is 9.28. The molecular weight excluding hydrogens is 234 g/mol. The summed E-state index contributed by atoms with van der Waals surface area (Å²) in [5.41, 5.74) is 9.73. The van der Waals surface area contributed by atoms with Gasteiger partial charge in [0.25, 0.3) is 0 Å². The number of nitrogens with zero attached hydrogens (tertiary/aromatic N) is 2. The van der Waals surface area contributed by atoms with Crippen LogP contribution < -0.4 is 5.73 Å². The van der Waals surface area contributed by atoms with E-state index >= 15 is 0 Å². The maximum atomic E-state index is 8.79. The summed E-state index contributed by atoms with van der Waals surface area (Å²) < 4.78 is 2.16. The molecule has 92 valence electrons. The number of fused-ring (bicyclic) bond motifs is 1. The fourth-order valence-corrected chi connectivity index (χ4v) is 2.27. The van der Waals surface area contributed by atoms with Crippen molar-refractivity contribution in [3.63, 3.8) is 0 Å². The summed E-state index contributed by atoms with van der Waals surface area (Å²) in [5, 5.41) is 9.87. The lowest BCUT2D eigenvalue weighted by Crippen LogP contribution is -1.98. The van der Waals surface area contributed by atoms with Gasteiger partial charge in [-0.15, -0.1) is 0 Å². The van der Waals surface area contributed by atoms with Gasteiger partial charge in [0, 0.05) is 23.8 Å². The van der Waals surface area contributed by atoms with Gasteiger partial charge in [-0.2, -0.15) is 5.26 Å². The van der Waals surface area contributed by atoms with Gasteiger partial charge >= 0.3 is 0 Å². The van der Waals surface area contributed by atoms with Crippen LogP contribution in [0.2, 0.25) is 0 Å². The SMILES string of the molecule is N#Cc1ccc(Cn2ccc3c(N)cccc32)cc1. The van der Waals surface area contributed by atoms with Crippen LogP contribution in [0, 0.1) is 11.3 Å². The number of hydrogen-bond donors (Lipinski definition) is 1. The van der Waals surface area contributed by atoms with E-state index in [0.717, 1.165) is 23.1 Å². The number of nitrogens with two attached hydrogens (primary N) is 1. The minimum absolute atomic E-state index is 0.686. The maximum absolute atomic E-state index is 8.79. The number of nitriles is 1. The summed E-state index contributed by atoms with van der Waals surface area (Å²) in [6.07, 6.45) is 2.04. The third kappa shape index (κ3) is 2.04. The molecule has 0 bridgehead atoms. The van der Waals surface area contributed by atoms with E-state index in [1.807, 2.05) is 48.7 Å². The Morgan fingerprint density at radius 1 is 1.05 bits per heavy atom. The molecule has 1 aromatic heterocycles. The molecule has 0 spiro atoms. The first-order valence-corrected chi connectivity index (χ1v) is 6.10. The second-order valence-electron chi connectivity index (χ2n) is 4.53. The van der Waals surface area contributed by atoms with Crippen LogP contribution in [-0.4, -0.2) is 4.57 Å². The molecule has 1 heterocycles. The van der Waals surface area contributed by atoms with E-state index < -0.39 is 0 Å². The smallest absolute Gasteiger partial charge is 0.0991 e. The summed E-state index contributed by atoms with van der Waals surface area (Å²) in [6.45, 7) is 0.776. The van der Waals surface area contributed by atoms with Gasteiger partial charge in [-0.25, -0.2) is 0 Å². The van der Waals surface area contributed by atoms with Crippen LogP contribution in [0.3, 0.4) is 0 Å². The van der Waals surface area contributed by atoms with E-state index in [-0.39, 0.29) is 0 Å². The summed E-state index contributed by atoms with van der Waals surface area (Å²) in [4.78, 5) is 0. The number of benzene rings is 2. The van der Waals surface area contributed by atoms with Crippen LogP contribution in [0.1, 0.15) is 11.1 Å². The van der Waals surface area contributed by atoms with Crippen LogP contribution in [-0.2, 0) is 6.54 Å². The minimum Gasteiger partial charge on any atom is -0.398 e. The fraction of sp³-hybridized carbons (Fsp3) is 0.0625. The number of rotatable bonds is 2. The zero-order chi connectivity index (χ0) is 13.2. The highest BCUT2D eigenvalue weighted by molar-refractivity contribution is 5.91. The molecule has 0 aliphatic rings. The van der Waals surface area contributed by atoms with E-state index in [1.165, 1.54) is 5.56 Å². The molecule has 0 unspecified atom stereocenters. The van der Waals surface area contributed by atoms with Crippen molar-refractivity contribution in [1.29, 1.82) is 5.26 Å². The van der Waals surface area contributed by atoms with E-state index in [4.69, 9.17) is 11.0 Å². The second-order valence-corrected chi connectivity index (χ2v) is 4.53. The van der Waals surface area contributed by atoms with Crippen molar-refractivity contribution in [1.82, 2.24) is 4.57 Å². The van der Waals surface area contributed by atoms with Gasteiger partial charge in [0.15, 0.2) is 0 Å². The van der Waals surface area contributed by atoms with Gasteiger partial charge in [0.2, 0.25) is 0 Å². The lowest BCUT2D eigenvalue weighted by atomic mass is 10.1. The van der Waals surface area contributed by atoms with Crippen LogP contribution >= 0.6 is 0 Å². The van der Waals surface area contributed by atoms with Gasteiger partial charge in [-0.1, -0.05) is 18.2 Å². The van der Waals surface area contributed by atoms with Crippen molar-refractivity contribution in [3.05, 3.63) is 65.9 Å². The van der Waals surface area contributed by atoms with E-state index in [0.29, 0.717) is 5.56 Å². The Morgan fingerprint density at radius 3 is 2.58 bits per heavy atom. The average molecular weight is 247 g/mol. The Morgan fingerprint density at radius 2 is 1.84 bits per heavy atom. The lowest BCUT2D eigenvalue weighted by molar-refractivity contribution is 0.837. The predicted octanol–water partition coefficient (Wildman–Crippen LogP) is 3.14. The lowest BCUT2D eigenvalue weighted by Gasteiger charge is -2.06. The second kappa shape index (κ2) is 4.51. The number of anilines is 1. The Balaban J connectivity index is 1.97. The third-order valence-electron chi connectivity index (χ3n) is 3.28. The van der Waals surface area contributed by atoms with Crippen molar-refractivity contribution < 1.29 is 0 Å². The molecule has 2 N–H and O–H groups in total. The summed E-state index contributed by atoms with van der Waals surface area (Å²) >= 11 is 0. The molecule has 0 aliphatic heterocycles. The van der Waals surface area contributed by atoms with Crippen molar-refractivity contribution in [2.24, 2.45) is 0 Å². The van der Waals surface area contributed by atoms with Gasteiger partial charge in [-0.05, 0) is 35.9 Å². The highest BCUT2D eigenvalue weighted by atomic mass is 15.0. The number of aromatic nitrogens is 1. The standard InChI is InChI=1S/C16H13N3/c17-10-12-4-6-13(7-5-12)11-19-9-8-14-15(18)2-1-3-16(14)19/h1-9H,11,18H2. The normalized spacial score (nSPS) is 10.5. The summed E-state index contributed by atoms with van der Waals surface area (Å²) in [7, 11) is 0. The Labute approximate surface area is 111 Å². The average Bonchev–Trinajstić information content (AvgIpc) is 2.84. The molecule has 0 radical (unpaired) electrons. The van der Waals surface area contributed by atoms with Crippen molar-refractivity contribution in [2.75, 3.05) is 5.73 Å². The maximum Gasteiger partial charge on any atom is 0.0991 e. The number of nitrogen functional groups attached to an aromatic ring is 1. The van der Waals surface area contributed by atoms with Gasteiger partial charge in [0.05, 0.1) is 17.1 Å². The van der Waals surface area contributed by atoms with Crippen LogP contribution in [0.25, 0.3) is 10.9 Å². The Kier molecular flexibility index (Phi) is 2.70. The molecule has 0 atom stereocenters. The Hall–Kier alpha value is -2.73. The Bertz CT molecular complexity index is 761. The molecule has 0 fully saturated rings.